The number of rotatable bonds is 7. The number of amides is 3. The van der Waals surface area contributed by atoms with Gasteiger partial charge in [-0.1, -0.05) is 30.3 Å². The molecule has 2 aromatic heterocycles. The van der Waals surface area contributed by atoms with Gasteiger partial charge in [0, 0.05) is 24.1 Å². The van der Waals surface area contributed by atoms with E-state index in [1.54, 1.807) is 17.6 Å². The summed E-state index contributed by atoms with van der Waals surface area (Å²) in [5, 5.41) is 7.74. The maximum Gasteiger partial charge on any atom is 0.265 e. The molecule has 0 bridgehead atoms. The van der Waals surface area contributed by atoms with Crippen LogP contribution in [0.25, 0.3) is 11.3 Å². The third kappa shape index (κ3) is 4.83. The molecule has 5 N–H and O–H groups in total. The van der Waals surface area contributed by atoms with Crippen molar-refractivity contribution in [3.8, 4) is 11.3 Å². The maximum atomic E-state index is 12.5. The zero-order valence-corrected chi connectivity index (χ0v) is 15.9. The summed E-state index contributed by atoms with van der Waals surface area (Å²) in [4.78, 5) is 42.3. The van der Waals surface area contributed by atoms with E-state index in [9.17, 15) is 14.4 Å². The Hall–Kier alpha value is -3.46. The van der Waals surface area contributed by atoms with Gasteiger partial charge in [-0.05, 0) is 11.6 Å². The molecule has 1 atom stereocenters. The van der Waals surface area contributed by atoms with Crippen LogP contribution in [-0.4, -0.2) is 27.7 Å². The summed E-state index contributed by atoms with van der Waals surface area (Å²) >= 11 is 1.27. The molecular formula is C19H19N5O3S. The third-order valence-corrected chi connectivity index (χ3v) is 4.72. The number of aromatic amines is 1. The average Bonchev–Trinajstić information content (AvgIpc) is 3.31. The lowest BCUT2D eigenvalue weighted by Crippen LogP contribution is -2.29. The first-order valence-electron chi connectivity index (χ1n) is 8.48. The van der Waals surface area contributed by atoms with Gasteiger partial charge in [0.2, 0.25) is 11.8 Å². The summed E-state index contributed by atoms with van der Waals surface area (Å²) in [5.41, 5.74) is 7.68. The lowest BCUT2D eigenvalue weighted by atomic mass is 10.0. The van der Waals surface area contributed by atoms with E-state index in [0.29, 0.717) is 16.4 Å². The van der Waals surface area contributed by atoms with Crippen molar-refractivity contribution in [3.63, 3.8) is 0 Å². The Labute approximate surface area is 165 Å². The second kappa shape index (κ2) is 8.49. The van der Waals surface area contributed by atoms with Crippen LogP contribution in [0.15, 0.2) is 48.0 Å². The Morgan fingerprint density at radius 1 is 1.25 bits per heavy atom. The minimum absolute atomic E-state index is 0.0779. The Bertz CT molecular complexity index is 996. The van der Waals surface area contributed by atoms with Crippen molar-refractivity contribution in [3.05, 3.63) is 59.2 Å². The normalized spacial score (nSPS) is 11.6. The molecule has 2 heterocycles. The largest absolute Gasteiger partial charge is 0.364 e. The van der Waals surface area contributed by atoms with Gasteiger partial charge in [-0.15, -0.1) is 11.3 Å². The van der Waals surface area contributed by atoms with E-state index in [0.717, 1.165) is 5.56 Å². The molecule has 0 saturated carbocycles. The molecule has 1 unspecified atom stereocenters. The smallest absolute Gasteiger partial charge is 0.265 e. The van der Waals surface area contributed by atoms with Gasteiger partial charge in [0.05, 0.1) is 18.2 Å². The van der Waals surface area contributed by atoms with Gasteiger partial charge in [-0.25, -0.2) is 4.98 Å². The first kappa shape index (κ1) is 19.3. The minimum Gasteiger partial charge on any atom is -0.364 e. The van der Waals surface area contributed by atoms with Crippen molar-refractivity contribution in [1.29, 1.82) is 0 Å². The molecule has 0 saturated heterocycles. The Morgan fingerprint density at radius 2 is 2.00 bits per heavy atom. The van der Waals surface area contributed by atoms with Gasteiger partial charge in [-0.3, -0.25) is 14.4 Å². The zero-order chi connectivity index (χ0) is 20.1. The monoisotopic (exact) mass is 397 g/mol. The van der Waals surface area contributed by atoms with E-state index >= 15 is 0 Å². The standard InChI is InChI=1S/C19H19N5O3S/c1-11(25)22-14(12-5-3-2-4-6-12)8-17(26)24-19-23-16(10-28-19)13-7-15(18(20)27)21-9-13/h2-7,9-10,14,21H,8H2,1H3,(H2,20,27)(H,22,25)(H,23,24,26). The highest BCUT2D eigenvalue weighted by atomic mass is 32.1. The average molecular weight is 397 g/mol. The predicted octanol–water partition coefficient (Wildman–Crippen LogP) is 2.44. The van der Waals surface area contributed by atoms with Crippen LogP contribution in [0.4, 0.5) is 5.13 Å². The molecule has 144 valence electrons. The lowest BCUT2D eigenvalue weighted by Gasteiger charge is -2.17. The highest BCUT2D eigenvalue weighted by molar-refractivity contribution is 7.14. The molecule has 9 heteroatoms. The van der Waals surface area contributed by atoms with Crippen LogP contribution in [0, 0.1) is 0 Å². The Morgan fingerprint density at radius 3 is 2.64 bits per heavy atom. The Kier molecular flexibility index (Phi) is 5.85. The summed E-state index contributed by atoms with van der Waals surface area (Å²) in [7, 11) is 0. The summed E-state index contributed by atoms with van der Waals surface area (Å²) in [6, 6.07) is 10.5. The summed E-state index contributed by atoms with van der Waals surface area (Å²) in [5.74, 6) is -1.04. The minimum atomic E-state index is -0.556. The summed E-state index contributed by atoms with van der Waals surface area (Å²) in [6.07, 6.45) is 1.71. The number of carbonyl (C=O) groups is 3. The molecular weight excluding hydrogens is 378 g/mol. The fourth-order valence-electron chi connectivity index (χ4n) is 2.69. The molecule has 0 fully saturated rings. The van der Waals surface area contributed by atoms with Crippen LogP contribution in [0.1, 0.15) is 35.4 Å². The first-order valence-corrected chi connectivity index (χ1v) is 9.36. The first-order chi connectivity index (χ1) is 13.4. The van der Waals surface area contributed by atoms with Gasteiger partial charge in [0.25, 0.3) is 5.91 Å². The maximum absolute atomic E-state index is 12.5. The number of aromatic nitrogens is 2. The van der Waals surface area contributed by atoms with Gasteiger partial charge < -0.3 is 21.4 Å². The number of thiazole rings is 1. The number of primary amides is 1. The number of hydrogen-bond acceptors (Lipinski definition) is 5. The third-order valence-electron chi connectivity index (χ3n) is 3.96. The van der Waals surface area contributed by atoms with Crippen molar-refractivity contribution in [1.82, 2.24) is 15.3 Å². The molecule has 0 aliphatic rings. The van der Waals surface area contributed by atoms with Crippen molar-refractivity contribution in [2.24, 2.45) is 5.73 Å². The second-order valence-electron chi connectivity index (χ2n) is 6.12. The molecule has 3 aromatic rings. The molecule has 0 radical (unpaired) electrons. The van der Waals surface area contributed by atoms with E-state index in [-0.39, 0.29) is 23.9 Å². The van der Waals surface area contributed by atoms with Crippen LogP contribution in [0.2, 0.25) is 0 Å². The van der Waals surface area contributed by atoms with Crippen LogP contribution >= 0.6 is 11.3 Å². The number of nitrogens with two attached hydrogens (primary N) is 1. The van der Waals surface area contributed by atoms with Crippen LogP contribution in [0.5, 0.6) is 0 Å². The molecule has 8 nitrogen and oxygen atoms in total. The second-order valence-corrected chi connectivity index (χ2v) is 6.98. The molecule has 0 spiro atoms. The zero-order valence-electron chi connectivity index (χ0n) is 15.1. The summed E-state index contributed by atoms with van der Waals surface area (Å²) < 4.78 is 0. The van der Waals surface area contributed by atoms with Crippen LogP contribution in [-0.2, 0) is 9.59 Å². The number of H-pyrrole nitrogens is 1. The van der Waals surface area contributed by atoms with Crippen LogP contribution < -0.4 is 16.4 Å². The fraction of sp³-hybridized carbons (Fsp3) is 0.158. The van der Waals surface area contributed by atoms with E-state index in [4.69, 9.17) is 5.73 Å². The van der Waals surface area contributed by atoms with E-state index in [1.165, 1.54) is 18.3 Å². The fourth-order valence-corrected chi connectivity index (χ4v) is 3.42. The number of hydrogen-bond donors (Lipinski definition) is 4. The molecule has 0 aliphatic heterocycles. The van der Waals surface area contributed by atoms with Crippen LogP contribution in [0.3, 0.4) is 0 Å². The molecule has 28 heavy (non-hydrogen) atoms. The SMILES string of the molecule is CC(=O)NC(CC(=O)Nc1nc(-c2c[nH]c(C(N)=O)c2)cs1)c1ccccc1. The van der Waals surface area contributed by atoms with Crippen molar-refractivity contribution < 1.29 is 14.4 Å². The highest BCUT2D eigenvalue weighted by Gasteiger charge is 2.18. The molecule has 3 rings (SSSR count). The predicted molar refractivity (Wildman–Crippen MR) is 107 cm³/mol. The number of benzene rings is 1. The quantitative estimate of drug-likeness (QED) is 0.488. The number of anilines is 1. The van der Waals surface area contributed by atoms with Gasteiger partial charge in [-0.2, -0.15) is 0 Å². The van der Waals surface area contributed by atoms with E-state index < -0.39 is 11.9 Å². The van der Waals surface area contributed by atoms with Crippen molar-refractivity contribution in [2.45, 2.75) is 19.4 Å². The van der Waals surface area contributed by atoms with Gasteiger partial charge in [0.1, 0.15) is 5.69 Å². The topological polar surface area (TPSA) is 130 Å². The lowest BCUT2D eigenvalue weighted by molar-refractivity contribution is -0.120. The van der Waals surface area contributed by atoms with Crippen molar-refractivity contribution >= 4 is 34.2 Å². The summed E-state index contributed by atoms with van der Waals surface area (Å²) in [6.45, 7) is 1.41. The Balaban J connectivity index is 1.67. The number of nitrogens with one attached hydrogen (secondary N) is 3. The van der Waals surface area contributed by atoms with Gasteiger partial charge in [0.15, 0.2) is 5.13 Å². The molecule has 0 aliphatic carbocycles. The van der Waals surface area contributed by atoms with Gasteiger partial charge >= 0.3 is 0 Å². The molecule has 1 aromatic carbocycles. The number of carbonyl (C=O) groups excluding carboxylic acids is 3. The van der Waals surface area contributed by atoms with E-state index in [2.05, 4.69) is 20.6 Å². The van der Waals surface area contributed by atoms with E-state index in [1.807, 2.05) is 30.3 Å². The molecule has 3 amide bonds. The number of nitrogens with zero attached hydrogens (tertiary/aromatic N) is 1. The highest BCUT2D eigenvalue weighted by Crippen LogP contribution is 2.26. The van der Waals surface area contributed by atoms with Crippen molar-refractivity contribution in [2.75, 3.05) is 5.32 Å².